The van der Waals surface area contributed by atoms with Gasteiger partial charge in [-0.15, -0.1) is 13.2 Å². The average molecular weight is 190 g/mol. The quantitative estimate of drug-likeness (QED) is 0.481. The van der Waals surface area contributed by atoms with Gasteiger partial charge in [-0.05, 0) is 6.07 Å². The summed E-state index contributed by atoms with van der Waals surface area (Å²) in [5.74, 6) is -1.57. The lowest BCUT2D eigenvalue weighted by atomic mass is 9.96. The second-order valence-corrected chi connectivity index (χ2v) is 2.23. The molecule has 0 saturated carbocycles. The molecule has 0 fully saturated rings. The number of hydrogen-bond donors (Lipinski definition) is 0. The molecule has 13 heavy (non-hydrogen) atoms. The van der Waals surface area contributed by atoms with Crippen LogP contribution in [0.5, 0.6) is 5.75 Å². The minimum atomic E-state index is -4.82. The zero-order valence-corrected chi connectivity index (χ0v) is 6.23. The third-order valence-electron chi connectivity index (χ3n) is 1.21. The molecular formula is C7H3BF4O. The Morgan fingerprint density at radius 3 is 2.31 bits per heavy atom. The van der Waals surface area contributed by atoms with E-state index in [0.717, 1.165) is 12.1 Å². The minimum Gasteiger partial charge on any atom is -0.406 e. The third kappa shape index (κ3) is 2.97. The molecule has 0 amide bonds. The molecule has 1 aromatic carbocycles. The van der Waals surface area contributed by atoms with E-state index in [-0.39, 0.29) is 5.46 Å². The second kappa shape index (κ2) is 3.28. The Hall–Kier alpha value is -1.20. The second-order valence-electron chi connectivity index (χ2n) is 2.23. The van der Waals surface area contributed by atoms with Gasteiger partial charge in [-0.3, -0.25) is 0 Å². The first kappa shape index (κ1) is 9.89. The highest BCUT2D eigenvalue weighted by molar-refractivity contribution is 6.32. The van der Waals surface area contributed by atoms with Gasteiger partial charge in [0, 0.05) is 6.07 Å². The van der Waals surface area contributed by atoms with E-state index in [2.05, 4.69) is 4.74 Å². The summed E-state index contributed by atoms with van der Waals surface area (Å²) < 4.78 is 50.8. The molecule has 0 unspecified atom stereocenters. The molecule has 0 aliphatic carbocycles. The predicted octanol–water partition coefficient (Wildman–Crippen LogP) is 1.52. The lowest BCUT2D eigenvalue weighted by molar-refractivity contribution is -0.274. The van der Waals surface area contributed by atoms with Crippen molar-refractivity contribution in [2.45, 2.75) is 6.36 Å². The maximum Gasteiger partial charge on any atom is 0.573 e. The van der Waals surface area contributed by atoms with E-state index in [1.807, 2.05) is 0 Å². The summed E-state index contributed by atoms with van der Waals surface area (Å²) in [4.78, 5) is 0. The molecule has 0 N–H and O–H groups in total. The number of benzene rings is 1. The maximum atomic E-state index is 12.6. The van der Waals surface area contributed by atoms with E-state index < -0.39 is 17.9 Å². The lowest BCUT2D eigenvalue weighted by Gasteiger charge is -2.08. The van der Waals surface area contributed by atoms with Gasteiger partial charge < -0.3 is 4.74 Å². The largest absolute Gasteiger partial charge is 0.573 e. The highest BCUT2D eigenvalue weighted by Crippen LogP contribution is 2.22. The Kier molecular flexibility index (Phi) is 2.49. The highest BCUT2D eigenvalue weighted by Gasteiger charge is 2.31. The number of ether oxygens (including phenoxy) is 1. The molecule has 0 aliphatic heterocycles. The number of alkyl halides is 3. The zero-order valence-electron chi connectivity index (χ0n) is 6.23. The van der Waals surface area contributed by atoms with Crippen molar-refractivity contribution in [3.05, 3.63) is 24.0 Å². The van der Waals surface area contributed by atoms with Crippen molar-refractivity contribution < 1.29 is 22.3 Å². The van der Waals surface area contributed by atoms with Gasteiger partial charge in [0.2, 0.25) is 0 Å². The Labute approximate surface area is 72.7 Å². The molecular weight excluding hydrogens is 187 g/mol. The van der Waals surface area contributed by atoms with Crippen LogP contribution in [0, 0.1) is 5.82 Å². The first-order valence-electron chi connectivity index (χ1n) is 3.19. The molecule has 0 aliphatic rings. The van der Waals surface area contributed by atoms with Gasteiger partial charge in [-0.2, -0.15) is 0 Å². The molecule has 0 bridgehead atoms. The topological polar surface area (TPSA) is 9.23 Å². The van der Waals surface area contributed by atoms with Crippen LogP contribution in [0.4, 0.5) is 17.6 Å². The fourth-order valence-electron chi connectivity index (χ4n) is 0.705. The molecule has 68 valence electrons. The Morgan fingerprint density at radius 1 is 1.23 bits per heavy atom. The van der Waals surface area contributed by atoms with Crippen molar-refractivity contribution in [1.82, 2.24) is 0 Å². The molecule has 0 saturated heterocycles. The number of halogens is 4. The fraction of sp³-hybridized carbons (Fsp3) is 0.143. The van der Waals surface area contributed by atoms with Crippen LogP contribution in [-0.4, -0.2) is 14.2 Å². The molecule has 1 rings (SSSR count). The van der Waals surface area contributed by atoms with Crippen molar-refractivity contribution >= 4 is 13.3 Å². The summed E-state index contributed by atoms with van der Waals surface area (Å²) in [7, 11) is 5.04. The summed E-state index contributed by atoms with van der Waals surface area (Å²) in [6, 6.07) is 2.51. The van der Waals surface area contributed by atoms with E-state index in [1.54, 1.807) is 0 Å². The SMILES string of the molecule is [B]c1ccc(OC(F)(F)F)cc1F. The highest BCUT2D eigenvalue weighted by atomic mass is 19.4. The van der Waals surface area contributed by atoms with E-state index >= 15 is 0 Å². The fourth-order valence-corrected chi connectivity index (χ4v) is 0.705. The van der Waals surface area contributed by atoms with E-state index in [1.165, 1.54) is 0 Å². The molecule has 0 spiro atoms. The van der Waals surface area contributed by atoms with Gasteiger partial charge >= 0.3 is 6.36 Å². The number of rotatable bonds is 1. The summed E-state index contributed by atoms with van der Waals surface area (Å²) in [5, 5.41) is 0. The van der Waals surface area contributed by atoms with E-state index in [4.69, 9.17) is 7.85 Å². The van der Waals surface area contributed by atoms with E-state index in [9.17, 15) is 17.6 Å². The van der Waals surface area contributed by atoms with Crippen LogP contribution in [0.3, 0.4) is 0 Å². The molecule has 0 aromatic heterocycles. The smallest absolute Gasteiger partial charge is 0.406 e. The summed E-state index contributed by atoms with van der Waals surface area (Å²) in [6.45, 7) is 0. The summed E-state index contributed by atoms with van der Waals surface area (Å²) in [5.41, 5.74) is -0.227. The molecule has 0 atom stereocenters. The Morgan fingerprint density at radius 2 is 1.85 bits per heavy atom. The monoisotopic (exact) mass is 190 g/mol. The van der Waals surface area contributed by atoms with Gasteiger partial charge in [-0.25, -0.2) is 4.39 Å². The normalized spacial score (nSPS) is 11.4. The van der Waals surface area contributed by atoms with E-state index in [0.29, 0.717) is 6.07 Å². The first-order chi connectivity index (χ1) is 5.88. The minimum absolute atomic E-state index is 0.227. The van der Waals surface area contributed by atoms with Crippen LogP contribution in [0.1, 0.15) is 0 Å². The van der Waals surface area contributed by atoms with Crippen LogP contribution in [0.25, 0.3) is 0 Å². The summed E-state index contributed by atoms with van der Waals surface area (Å²) >= 11 is 0. The predicted molar refractivity (Wildman–Crippen MR) is 38.5 cm³/mol. The van der Waals surface area contributed by atoms with Gasteiger partial charge in [0.25, 0.3) is 0 Å². The third-order valence-corrected chi connectivity index (χ3v) is 1.21. The zero-order chi connectivity index (χ0) is 10.1. The first-order valence-corrected chi connectivity index (χ1v) is 3.19. The van der Waals surface area contributed by atoms with Gasteiger partial charge in [0.15, 0.2) is 0 Å². The summed E-state index contributed by atoms with van der Waals surface area (Å²) in [6.07, 6.45) is -4.82. The Balaban J connectivity index is 2.86. The van der Waals surface area contributed by atoms with Gasteiger partial charge in [0.05, 0.1) is 0 Å². The van der Waals surface area contributed by atoms with Crippen molar-refractivity contribution in [1.29, 1.82) is 0 Å². The van der Waals surface area contributed by atoms with Crippen molar-refractivity contribution in [3.8, 4) is 5.75 Å². The van der Waals surface area contributed by atoms with Crippen LogP contribution in [-0.2, 0) is 0 Å². The van der Waals surface area contributed by atoms with Gasteiger partial charge in [0.1, 0.15) is 19.4 Å². The van der Waals surface area contributed by atoms with Crippen molar-refractivity contribution in [2.24, 2.45) is 0 Å². The molecule has 2 radical (unpaired) electrons. The maximum absolute atomic E-state index is 12.6. The molecule has 1 aromatic rings. The average Bonchev–Trinajstić information content (AvgIpc) is 1.94. The van der Waals surface area contributed by atoms with Crippen molar-refractivity contribution in [3.63, 3.8) is 0 Å². The van der Waals surface area contributed by atoms with Gasteiger partial charge in [-0.1, -0.05) is 11.5 Å². The molecule has 1 nitrogen and oxygen atoms in total. The number of hydrogen-bond acceptors (Lipinski definition) is 1. The van der Waals surface area contributed by atoms with Crippen molar-refractivity contribution in [2.75, 3.05) is 0 Å². The van der Waals surface area contributed by atoms with Crippen LogP contribution in [0.15, 0.2) is 18.2 Å². The van der Waals surface area contributed by atoms with Crippen LogP contribution < -0.4 is 10.2 Å². The van der Waals surface area contributed by atoms with Crippen LogP contribution in [0.2, 0.25) is 0 Å². The standard InChI is InChI=1S/C7H3BF4O/c8-5-2-1-4(3-6(5)9)13-7(10,11)12/h1-3H. The lowest BCUT2D eigenvalue weighted by Crippen LogP contribution is -2.18. The molecule has 6 heteroatoms. The Bertz CT molecular complexity index is 310. The molecule has 0 heterocycles. The van der Waals surface area contributed by atoms with Crippen LogP contribution >= 0.6 is 0 Å².